The Labute approximate surface area is 122 Å². The van der Waals surface area contributed by atoms with E-state index in [-0.39, 0.29) is 12.3 Å². The van der Waals surface area contributed by atoms with Crippen molar-refractivity contribution >= 4 is 11.8 Å². The summed E-state index contributed by atoms with van der Waals surface area (Å²) in [5, 5.41) is 11.8. The number of ether oxygens (including phenoxy) is 1. The third-order valence-corrected chi connectivity index (χ3v) is 3.09. The number of aromatic carboxylic acids is 1. The van der Waals surface area contributed by atoms with E-state index in [1.807, 2.05) is 32.0 Å². The van der Waals surface area contributed by atoms with Gasteiger partial charge in [-0.3, -0.25) is 0 Å². The van der Waals surface area contributed by atoms with Crippen LogP contribution < -0.4 is 10.1 Å². The number of aromatic nitrogens is 2. The van der Waals surface area contributed by atoms with Gasteiger partial charge < -0.3 is 15.2 Å². The van der Waals surface area contributed by atoms with E-state index in [1.165, 1.54) is 11.6 Å². The molecule has 0 fully saturated rings. The van der Waals surface area contributed by atoms with Gasteiger partial charge in [0.2, 0.25) is 0 Å². The van der Waals surface area contributed by atoms with E-state index < -0.39 is 5.97 Å². The highest BCUT2D eigenvalue weighted by Gasteiger charge is 2.10. The molecule has 0 bridgehead atoms. The van der Waals surface area contributed by atoms with E-state index in [9.17, 15) is 4.79 Å². The summed E-state index contributed by atoms with van der Waals surface area (Å²) in [5.41, 5.74) is 2.25. The molecule has 110 valence electrons. The second-order valence-corrected chi connectivity index (χ2v) is 4.64. The van der Waals surface area contributed by atoms with Gasteiger partial charge >= 0.3 is 5.97 Å². The molecule has 2 rings (SSSR count). The largest absolute Gasteiger partial charge is 0.486 e. The topological polar surface area (TPSA) is 84.3 Å². The monoisotopic (exact) mass is 287 g/mol. The van der Waals surface area contributed by atoms with Gasteiger partial charge in [0.25, 0.3) is 0 Å². The molecule has 0 aliphatic carbocycles. The number of carboxylic acid groups (broad SMARTS) is 1. The molecule has 0 saturated heterocycles. The van der Waals surface area contributed by atoms with Crippen LogP contribution in [0.3, 0.4) is 0 Å². The molecule has 0 radical (unpaired) electrons. The number of rotatable bonds is 5. The van der Waals surface area contributed by atoms with Crippen molar-refractivity contribution in [1.29, 1.82) is 0 Å². The van der Waals surface area contributed by atoms with Gasteiger partial charge in [-0.1, -0.05) is 6.07 Å². The molecule has 0 unspecified atom stereocenters. The lowest BCUT2D eigenvalue weighted by Gasteiger charge is -2.09. The Morgan fingerprint density at radius 1 is 1.24 bits per heavy atom. The zero-order valence-electron chi connectivity index (χ0n) is 12.2. The summed E-state index contributed by atoms with van der Waals surface area (Å²) in [6, 6.07) is 7.14. The molecule has 1 heterocycles. The van der Waals surface area contributed by atoms with Crippen molar-refractivity contribution in [1.82, 2.24) is 9.97 Å². The Hall–Kier alpha value is -2.63. The molecule has 21 heavy (non-hydrogen) atoms. The van der Waals surface area contributed by atoms with Crippen LogP contribution in [0.2, 0.25) is 0 Å². The number of benzene rings is 1. The zero-order chi connectivity index (χ0) is 15.4. The summed E-state index contributed by atoms with van der Waals surface area (Å²) in [5.74, 6) is 0.369. The fourth-order valence-corrected chi connectivity index (χ4v) is 1.75. The number of carboxylic acids is 1. The lowest BCUT2D eigenvalue weighted by Crippen LogP contribution is -2.10. The van der Waals surface area contributed by atoms with Crippen LogP contribution in [-0.2, 0) is 6.61 Å². The second-order valence-electron chi connectivity index (χ2n) is 4.64. The summed E-state index contributed by atoms with van der Waals surface area (Å²) in [6.07, 6.45) is 0. The molecule has 0 aliphatic rings. The van der Waals surface area contributed by atoms with Crippen LogP contribution in [0.25, 0.3) is 0 Å². The van der Waals surface area contributed by atoms with Crippen LogP contribution in [0.15, 0.2) is 24.3 Å². The third kappa shape index (κ3) is 3.68. The normalized spacial score (nSPS) is 10.2. The Bertz CT molecular complexity index is 671. The molecule has 2 N–H and O–H groups in total. The van der Waals surface area contributed by atoms with Gasteiger partial charge in [-0.05, 0) is 37.1 Å². The van der Waals surface area contributed by atoms with E-state index in [0.717, 1.165) is 5.56 Å². The van der Waals surface area contributed by atoms with Gasteiger partial charge in [0.15, 0.2) is 11.5 Å². The first-order chi connectivity index (χ1) is 9.99. The summed E-state index contributed by atoms with van der Waals surface area (Å²) in [6.45, 7) is 4.14. The van der Waals surface area contributed by atoms with Gasteiger partial charge in [0.1, 0.15) is 18.2 Å². The van der Waals surface area contributed by atoms with Gasteiger partial charge in [-0.15, -0.1) is 0 Å². The lowest BCUT2D eigenvalue weighted by molar-refractivity contribution is 0.0689. The molecular weight excluding hydrogens is 270 g/mol. The summed E-state index contributed by atoms with van der Waals surface area (Å²) >= 11 is 0. The number of nitrogens with one attached hydrogen (secondary N) is 1. The fourth-order valence-electron chi connectivity index (χ4n) is 1.75. The quantitative estimate of drug-likeness (QED) is 0.878. The number of anilines is 1. The highest BCUT2D eigenvalue weighted by Crippen LogP contribution is 2.17. The van der Waals surface area contributed by atoms with Gasteiger partial charge in [-0.25, -0.2) is 14.8 Å². The van der Waals surface area contributed by atoms with Crippen LogP contribution in [0.5, 0.6) is 5.75 Å². The van der Waals surface area contributed by atoms with Crippen molar-refractivity contribution in [2.75, 3.05) is 12.4 Å². The Morgan fingerprint density at radius 3 is 2.62 bits per heavy atom. The first-order valence-electron chi connectivity index (χ1n) is 6.48. The molecule has 1 aromatic heterocycles. The van der Waals surface area contributed by atoms with E-state index in [2.05, 4.69) is 15.3 Å². The summed E-state index contributed by atoms with van der Waals surface area (Å²) in [4.78, 5) is 19.2. The van der Waals surface area contributed by atoms with Gasteiger partial charge in [0.05, 0.1) is 0 Å². The predicted molar refractivity (Wildman–Crippen MR) is 78.8 cm³/mol. The van der Waals surface area contributed by atoms with Crippen molar-refractivity contribution in [2.24, 2.45) is 0 Å². The standard InChI is InChI=1S/C15H17N3O3/c1-9-4-5-11(6-10(9)2)21-8-14-17-12(15(19)20)7-13(16-3)18-14/h4-7H,8H2,1-3H3,(H,19,20)(H,16,17,18). The number of nitrogens with zero attached hydrogens (tertiary/aromatic N) is 2. The first-order valence-corrected chi connectivity index (χ1v) is 6.48. The average Bonchev–Trinajstić information content (AvgIpc) is 2.48. The maximum atomic E-state index is 11.0. The fraction of sp³-hybridized carbons (Fsp3) is 0.267. The number of hydrogen-bond acceptors (Lipinski definition) is 5. The Kier molecular flexibility index (Phi) is 4.37. The maximum absolute atomic E-state index is 11.0. The molecule has 2 aromatic rings. The number of hydrogen-bond donors (Lipinski definition) is 2. The minimum atomic E-state index is -1.10. The lowest BCUT2D eigenvalue weighted by atomic mass is 10.1. The number of carbonyl (C=O) groups is 1. The molecule has 6 heteroatoms. The summed E-state index contributed by atoms with van der Waals surface area (Å²) < 4.78 is 5.62. The maximum Gasteiger partial charge on any atom is 0.354 e. The number of aryl methyl sites for hydroxylation is 2. The SMILES string of the molecule is CNc1cc(C(=O)O)nc(COc2ccc(C)c(C)c2)n1. The van der Waals surface area contributed by atoms with Crippen molar-refractivity contribution in [2.45, 2.75) is 20.5 Å². The second kappa shape index (κ2) is 6.21. The Balaban J connectivity index is 2.17. The van der Waals surface area contributed by atoms with Crippen molar-refractivity contribution in [3.8, 4) is 5.75 Å². The molecule has 6 nitrogen and oxygen atoms in total. The van der Waals surface area contributed by atoms with Crippen LogP contribution in [0.4, 0.5) is 5.82 Å². The first kappa shape index (κ1) is 14.8. The smallest absolute Gasteiger partial charge is 0.354 e. The van der Waals surface area contributed by atoms with Crippen molar-refractivity contribution < 1.29 is 14.6 Å². The molecule has 0 aliphatic heterocycles. The summed E-state index contributed by atoms with van der Waals surface area (Å²) in [7, 11) is 1.67. The molecule has 0 spiro atoms. The molecule has 1 aromatic carbocycles. The molecule has 0 amide bonds. The van der Waals surface area contributed by atoms with E-state index >= 15 is 0 Å². The minimum Gasteiger partial charge on any atom is -0.486 e. The average molecular weight is 287 g/mol. The third-order valence-electron chi connectivity index (χ3n) is 3.09. The van der Waals surface area contributed by atoms with E-state index in [0.29, 0.717) is 17.4 Å². The van der Waals surface area contributed by atoms with Crippen LogP contribution in [0, 0.1) is 13.8 Å². The van der Waals surface area contributed by atoms with Crippen LogP contribution in [-0.4, -0.2) is 28.1 Å². The predicted octanol–water partition coefficient (Wildman–Crippen LogP) is 2.41. The van der Waals surface area contributed by atoms with Gasteiger partial charge in [0, 0.05) is 13.1 Å². The van der Waals surface area contributed by atoms with Crippen LogP contribution >= 0.6 is 0 Å². The van der Waals surface area contributed by atoms with Crippen molar-refractivity contribution in [3.63, 3.8) is 0 Å². The van der Waals surface area contributed by atoms with E-state index in [1.54, 1.807) is 7.05 Å². The zero-order valence-corrected chi connectivity index (χ0v) is 12.2. The molecular formula is C15H17N3O3. The van der Waals surface area contributed by atoms with Crippen molar-refractivity contribution in [3.05, 3.63) is 46.9 Å². The molecule has 0 saturated carbocycles. The minimum absolute atomic E-state index is 0.0620. The highest BCUT2D eigenvalue weighted by molar-refractivity contribution is 5.86. The van der Waals surface area contributed by atoms with Crippen LogP contribution in [0.1, 0.15) is 27.4 Å². The molecule has 0 atom stereocenters. The van der Waals surface area contributed by atoms with E-state index in [4.69, 9.17) is 9.84 Å². The highest BCUT2D eigenvalue weighted by atomic mass is 16.5. The Morgan fingerprint density at radius 2 is 2.00 bits per heavy atom. The van der Waals surface area contributed by atoms with Gasteiger partial charge in [-0.2, -0.15) is 0 Å².